The number of Topliss-reactive ketones (excluding diaryl/α,β-unsaturated/α-hetero) is 1. The van der Waals surface area contributed by atoms with Gasteiger partial charge >= 0.3 is 0 Å². The summed E-state index contributed by atoms with van der Waals surface area (Å²) < 4.78 is 52.9. The van der Waals surface area contributed by atoms with Crippen LogP contribution in [0, 0.1) is 52.3 Å². The van der Waals surface area contributed by atoms with Crippen molar-refractivity contribution in [3.63, 3.8) is 0 Å². The van der Waals surface area contributed by atoms with Crippen LogP contribution in [0.2, 0.25) is 0 Å². The maximum Gasteiger partial charge on any atom is 0.187 e. The monoisotopic (exact) mass is 1110 g/mol. The van der Waals surface area contributed by atoms with E-state index < -0.39 is 184 Å². The molecule has 444 valence electrons. The van der Waals surface area contributed by atoms with Crippen molar-refractivity contribution in [2.75, 3.05) is 33.0 Å². The summed E-state index contributed by atoms with van der Waals surface area (Å²) in [5, 5.41) is 171. The first-order valence-corrected chi connectivity index (χ1v) is 27.4. The summed E-state index contributed by atoms with van der Waals surface area (Å²) in [5.41, 5.74) is -1.28. The lowest BCUT2D eigenvalue weighted by molar-refractivity contribution is -0.391. The van der Waals surface area contributed by atoms with Crippen LogP contribution >= 0.6 is 0 Å². The number of hydrogen-bond acceptors (Lipinski definition) is 26. The van der Waals surface area contributed by atoms with Gasteiger partial charge in [0.05, 0.1) is 51.3 Å². The SMILES string of the molecule is CC(CCC1(O)OC2CC3C4CCC5CC(OC6OC(CO)C(OC7OC(CO)C(O)C(O)C7OC7OC(CO)C(O)C(O)C7O)C(O)C6O)C(O)CC5(C)C4CC(=O)C3(C)C2C1C)COC1OC(CO)C(O)C(O)C1O. The Kier molecular flexibility index (Phi) is 18.3. The first kappa shape index (κ1) is 60.3. The van der Waals surface area contributed by atoms with E-state index in [0.717, 1.165) is 12.8 Å². The van der Waals surface area contributed by atoms with E-state index in [2.05, 4.69) is 6.92 Å². The smallest absolute Gasteiger partial charge is 0.187 e. The molecule has 0 spiro atoms. The number of carbonyl (C=O) groups excluding carboxylic acids is 1. The highest BCUT2D eigenvalue weighted by molar-refractivity contribution is 5.87. The van der Waals surface area contributed by atoms with Crippen molar-refractivity contribution in [3.8, 4) is 0 Å². The van der Waals surface area contributed by atoms with Gasteiger partial charge in [-0.2, -0.15) is 0 Å². The molecule has 0 aromatic rings. The number of carbonyl (C=O) groups is 1. The summed E-state index contributed by atoms with van der Waals surface area (Å²) in [5.74, 6) is -2.31. The van der Waals surface area contributed by atoms with Crippen LogP contribution in [0.3, 0.4) is 0 Å². The van der Waals surface area contributed by atoms with Gasteiger partial charge in [0.1, 0.15) is 103 Å². The fourth-order valence-electron chi connectivity index (χ4n) is 15.4. The second-order valence-corrected chi connectivity index (χ2v) is 24.3. The van der Waals surface area contributed by atoms with Gasteiger partial charge in [-0.3, -0.25) is 4.79 Å². The predicted octanol–water partition coefficient (Wildman–Crippen LogP) is -5.81. The van der Waals surface area contributed by atoms with E-state index in [-0.39, 0.29) is 73.3 Å². The van der Waals surface area contributed by atoms with Gasteiger partial charge in [0.2, 0.25) is 0 Å². The van der Waals surface area contributed by atoms with E-state index in [9.17, 15) is 86.5 Å². The molecule has 4 aliphatic carbocycles. The quantitative estimate of drug-likeness (QED) is 0.0640. The third-order valence-electron chi connectivity index (χ3n) is 20.0. The highest BCUT2D eigenvalue weighted by Crippen LogP contribution is 2.70. The lowest BCUT2D eigenvalue weighted by Crippen LogP contribution is -2.67. The maximum atomic E-state index is 14.8. The Hall–Kier alpha value is -1.33. The first-order chi connectivity index (χ1) is 36.4. The highest BCUT2D eigenvalue weighted by Gasteiger charge is 2.71. The molecule has 16 N–H and O–H groups in total. The molecule has 5 heterocycles. The van der Waals surface area contributed by atoms with Crippen LogP contribution in [0.25, 0.3) is 0 Å². The van der Waals surface area contributed by atoms with Crippen molar-refractivity contribution in [1.82, 2.24) is 0 Å². The number of hydrogen-bond donors (Lipinski definition) is 16. The van der Waals surface area contributed by atoms with Crippen LogP contribution in [-0.4, -0.2) is 267 Å². The zero-order valence-electron chi connectivity index (χ0n) is 43.8. The van der Waals surface area contributed by atoms with Gasteiger partial charge in [0.25, 0.3) is 0 Å². The Labute approximate surface area is 445 Å². The van der Waals surface area contributed by atoms with Crippen LogP contribution in [0.4, 0.5) is 0 Å². The van der Waals surface area contributed by atoms with Crippen molar-refractivity contribution >= 4 is 5.78 Å². The summed E-state index contributed by atoms with van der Waals surface area (Å²) >= 11 is 0. The average molecular weight is 1110 g/mol. The molecule has 0 bridgehead atoms. The third-order valence-corrected chi connectivity index (χ3v) is 20.0. The lowest BCUT2D eigenvalue weighted by Gasteiger charge is -2.61. The molecule has 33 unspecified atom stereocenters. The van der Waals surface area contributed by atoms with Gasteiger partial charge in [-0.15, -0.1) is 0 Å². The van der Waals surface area contributed by atoms with Gasteiger partial charge in [-0.25, -0.2) is 0 Å². The van der Waals surface area contributed by atoms with Crippen LogP contribution in [0.5, 0.6) is 0 Å². The largest absolute Gasteiger partial charge is 0.394 e. The van der Waals surface area contributed by atoms with E-state index in [0.29, 0.717) is 19.3 Å². The number of ketones is 1. The zero-order valence-corrected chi connectivity index (χ0v) is 43.8. The molecule has 33 atom stereocenters. The summed E-state index contributed by atoms with van der Waals surface area (Å²) in [7, 11) is 0. The molecule has 0 aromatic carbocycles. The van der Waals surface area contributed by atoms with Crippen molar-refractivity contribution in [1.29, 1.82) is 0 Å². The minimum Gasteiger partial charge on any atom is -0.394 e. The van der Waals surface area contributed by atoms with Gasteiger partial charge in [0, 0.05) is 30.1 Å². The molecule has 4 saturated carbocycles. The minimum atomic E-state index is -1.95. The molecule has 9 aliphatic rings. The van der Waals surface area contributed by atoms with Crippen molar-refractivity contribution in [2.45, 2.75) is 226 Å². The van der Waals surface area contributed by atoms with Gasteiger partial charge in [-0.1, -0.05) is 27.7 Å². The normalized spacial score (nSPS) is 55.3. The Morgan fingerprint density at radius 1 is 0.610 bits per heavy atom. The Balaban J connectivity index is 0.810. The molecule has 0 radical (unpaired) electrons. The van der Waals surface area contributed by atoms with Crippen LogP contribution in [0.15, 0.2) is 0 Å². The molecule has 5 saturated heterocycles. The molecule has 5 aliphatic heterocycles. The third kappa shape index (κ3) is 10.6. The Bertz CT molecular complexity index is 1990. The molecule has 9 fully saturated rings. The number of fused-ring (bicyclic) bond motifs is 7. The van der Waals surface area contributed by atoms with Crippen molar-refractivity contribution in [2.24, 2.45) is 52.3 Å². The topological polar surface area (TPSA) is 424 Å². The maximum absolute atomic E-state index is 14.8. The van der Waals surface area contributed by atoms with Crippen LogP contribution in [0.1, 0.15) is 79.1 Å². The number of aliphatic hydroxyl groups is 16. The van der Waals surface area contributed by atoms with Crippen LogP contribution in [-0.2, 0) is 47.4 Å². The van der Waals surface area contributed by atoms with E-state index in [4.69, 9.17) is 42.6 Å². The molecule has 26 nitrogen and oxygen atoms in total. The molecular weight excluding hydrogens is 1030 g/mol. The Morgan fingerprint density at radius 2 is 1.13 bits per heavy atom. The van der Waals surface area contributed by atoms with Gasteiger partial charge in [-0.05, 0) is 73.5 Å². The molecule has 0 aromatic heterocycles. The molecule has 77 heavy (non-hydrogen) atoms. The summed E-state index contributed by atoms with van der Waals surface area (Å²) in [6, 6.07) is 0. The van der Waals surface area contributed by atoms with Crippen molar-refractivity contribution < 1.29 is 129 Å². The van der Waals surface area contributed by atoms with Crippen molar-refractivity contribution in [3.05, 3.63) is 0 Å². The predicted molar refractivity (Wildman–Crippen MR) is 253 cm³/mol. The molecular formula is C51H84O26. The molecule has 26 heteroatoms. The fraction of sp³-hybridized carbons (Fsp3) is 0.980. The van der Waals surface area contributed by atoms with Gasteiger partial charge in [0.15, 0.2) is 30.9 Å². The Morgan fingerprint density at radius 3 is 1.75 bits per heavy atom. The number of aliphatic hydroxyl groups excluding tert-OH is 15. The van der Waals surface area contributed by atoms with E-state index in [1.165, 1.54) is 0 Å². The lowest BCUT2D eigenvalue weighted by atomic mass is 9.43. The summed E-state index contributed by atoms with van der Waals surface area (Å²) in [6.45, 7) is 4.95. The second kappa shape index (κ2) is 23.4. The number of rotatable bonds is 16. The minimum absolute atomic E-state index is 0.0390. The summed E-state index contributed by atoms with van der Waals surface area (Å²) in [6.07, 6.45) is -32.2. The second-order valence-electron chi connectivity index (χ2n) is 24.3. The van der Waals surface area contributed by atoms with Crippen LogP contribution < -0.4 is 0 Å². The fourth-order valence-corrected chi connectivity index (χ4v) is 15.4. The number of ether oxygens (including phenoxy) is 9. The average Bonchev–Trinajstić information content (AvgIpc) is 3.99. The standard InChI is InChI=1S/C51H84O26/c1-18(17-69-45-40(65)36(61)33(58)27(13-52)71-45)7-8-51(68)19(2)32-26(77-51)10-23-21-6-5-20-9-25(24(56)12-49(20,3)22(21)11-31(57)50(23,32)4)70-46-42(67)39(64)43(30(16-55)74-46)75-48-44(38(63)35(60)29(15-54)73-48)76-47-41(66)37(62)34(59)28(14-53)72-47/h18-30,32-48,52-56,58-68H,5-17H2,1-4H3. The van der Waals surface area contributed by atoms with E-state index in [1.54, 1.807) is 0 Å². The van der Waals surface area contributed by atoms with Gasteiger partial charge < -0.3 is 124 Å². The zero-order chi connectivity index (χ0) is 56.0. The van der Waals surface area contributed by atoms with E-state index >= 15 is 0 Å². The first-order valence-electron chi connectivity index (χ1n) is 27.4. The molecule has 0 amide bonds. The molecule has 9 rings (SSSR count). The summed E-state index contributed by atoms with van der Waals surface area (Å²) in [4.78, 5) is 14.8. The highest BCUT2D eigenvalue weighted by atomic mass is 16.8. The van der Waals surface area contributed by atoms with E-state index in [1.807, 2.05) is 20.8 Å².